The summed E-state index contributed by atoms with van der Waals surface area (Å²) in [6, 6.07) is 13.7. The van der Waals surface area contributed by atoms with Crippen LogP contribution < -0.4 is 5.32 Å². The first-order chi connectivity index (χ1) is 13.9. The molecule has 2 amide bonds. The van der Waals surface area contributed by atoms with Crippen molar-refractivity contribution in [2.24, 2.45) is 4.99 Å². The van der Waals surface area contributed by atoms with Gasteiger partial charge in [0.05, 0.1) is 5.69 Å². The number of carbonyl (C=O) groups excluding carboxylic acids is 3. The van der Waals surface area contributed by atoms with Crippen LogP contribution in [0, 0.1) is 0 Å². The van der Waals surface area contributed by atoms with Gasteiger partial charge in [0.15, 0.2) is 11.0 Å². The molecule has 1 heterocycles. The van der Waals surface area contributed by atoms with Crippen molar-refractivity contribution in [3.8, 4) is 0 Å². The first-order valence-corrected chi connectivity index (χ1v) is 10.4. The summed E-state index contributed by atoms with van der Waals surface area (Å²) < 4.78 is 0. The van der Waals surface area contributed by atoms with Gasteiger partial charge in [0.1, 0.15) is 5.25 Å². The molecule has 2 aromatic carbocycles. The van der Waals surface area contributed by atoms with Gasteiger partial charge in [-0.1, -0.05) is 23.4 Å². The molecule has 1 saturated heterocycles. The zero-order chi connectivity index (χ0) is 21.0. The van der Waals surface area contributed by atoms with E-state index in [1.54, 1.807) is 53.4 Å². The van der Waals surface area contributed by atoms with Crippen molar-refractivity contribution in [1.29, 1.82) is 0 Å². The summed E-state index contributed by atoms with van der Waals surface area (Å²) in [7, 11) is 0. The van der Waals surface area contributed by atoms with E-state index >= 15 is 0 Å². The van der Waals surface area contributed by atoms with E-state index in [-0.39, 0.29) is 24.0 Å². The minimum absolute atomic E-state index is 0.0171. The highest BCUT2D eigenvalue weighted by Gasteiger charge is 2.38. The van der Waals surface area contributed by atoms with E-state index in [1.807, 2.05) is 6.92 Å². The summed E-state index contributed by atoms with van der Waals surface area (Å²) in [6.45, 7) is 3.83. The highest BCUT2D eigenvalue weighted by atomic mass is 35.5. The van der Waals surface area contributed by atoms with Crippen LogP contribution in [0.2, 0.25) is 5.02 Å². The van der Waals surface area contributed by atoms with Gasteiger partial charge in [0.25, 0.3) is 0 Å². The van der Waals surface area contributed by atoms with Crippen molar-refractivity contribution in [2.45, 2.75) is 25.5 Å². The molecule has 0 aromatic heterocycles. The predicted molar refractivity (Wildman–Crippen MR) is 117 cm³/mol. The molecule has 0 radical (unpaired) electrons. The van der Waals surface area contributed by atoms with Crippen molar-refractivity contribution in [3.63, 3.8) is 0 Å². The molecular weight excluding hydrogens is 410 g/mol. The number of hydrogen-bond donors (Lipinski definition) is 1. The maximum Gasteiger partial charge on any atom is 0.242 e. The Morgan fingerprint density at radius 2 is 1.79 bits per heavy atom. The number of amidine groups is 1. The van der Waals surface area contributed by atoms with Crippen LogP contribution in [0.3, 0.4) is 0 Å². The van der Waals surface area contributed by atoms with Gasteiger partial charge >= 0.3 is 0 Å². The van der Waals surface area contributed by atoms with Crippen molar-refractivity contribution < 1.29 is 14.4 Å². The first-order valence-electron chi connectivity index (χ1n) is 9.10. The number of carbonyl (C=O) groups is 3. The van der Waals surface area contributed by atoms with Gasteiger partial charge in [0.2, 0.25) is 11.8 Å². The van der Waals surface area contributed by atoms with Crippen LogP contribution in [0.15, 0.2) is 53.5 Å². The number of nitrogens with zero attached hydrogens (tertiary/aromatic N) is 2. The van der Waals surface area contributed by atoms with Gasteiger partial charge in [-0.2, -0.15) is 0 Å². The highest BCUT2D eigenvalue weighted by molar-refractivity contribution is 8.15. The van der Waals surface area contributed by atoms with Gasteiger partial charge in [-0.3, -0.25) is 19.3 Å². The van der Waals surface area contributed by atoms with Crippen molar-refractivity contribution in [1.82, 2.24) is 4.90 Å². The Labute approximate surface area is 178 Å². The van der Waals surface area contributed by atoms with E-state index in [2.05, 4.69) is 10.3 Å². The molecule has 8 heteroatoms. The van der Waals surface area contributed by atoms with Crippen LogP contribution in [0.5, 0.6) is 0 Å². The first kappa shape index (κ1) is 21.1. The van der Waals surface area contributed by atoms with Crippen LogP contribution in [-0.4, -0.2) is 39.5 Å². The summed E-state index contributed by atoms with van der Waals surface area (Å²) in [6.07, 6.45) is 0.0465. The Morgan fingerprint density at radius 1 is 1.14 bits per heavy atom. The quantitative estimate of drug-likeness (QED) is 0.684. The second-order valence-electron chi connectivity index (χ2n) is 6.45. The zero-order valence-corrected chi connectivity index (χ0v) is 17.6. The lowest BCUT2D eigenvalue weighted by atomic mass is 10.1. The summed E-state index contributed by atoms with van der Waals surface area (Å²) in [5.74, 6) is -0.402. The highest BCUT2D eigenvalue weighted by Crippen LogP contribution is 2.31. The molecule has 150 valence electrons. The van der Waals surface area contributed by atoms with E-state index in [1.165, 1.54) is 18.7 Å². The number of nitrogens with one attached hydrogen (secondary N) is 1. The zero-order valence-electron chi connectivity index (χ0n) is 16.0. The van der Waals surface area contributed by atoms with Crippen molar-refractivity contribution in [2.75, 3.05) is 11.9 Å². The number of rotatable bonds is 6. The molecule has 1 atom stereocenters. The molecule has 6 nitrogen and oxygen atoms in total. The molecule has 29 heavy (non-hydrogen) atoms. The second-order valence-corrected chi connectivity index (χ2v) is 8.05. The summed E-state index contributed by atoms with van der Waals surface area (Å²) >= 11 is 7.12. The number of anilines is 1. The van der Waals surface area contributed by atoms with E-state index < -0.39 is 5.25 Å². The van der Waals surface area contributed by atoms with Gasteiger partial charge in [-0.15, -0.1) is 0 Å². The van der Waals surface area contributed by atoms with Crippen LogP contribution in [0.25, 0.3) is 0 Å². The Balaban J connectivity index is 1.70. The third kappa shape index (κ3) is 5.25. The van der Waals surface area contributed by atoms with Crippen LogP contribution in [0.4, 0.5) is 11.4 Å². The summed E-state index contributed by atoms with van der Waals surface area (Å²) in [4.78, 5) is 42.6. The summed E-state index contributed by atoms with van der Waals surface area (Å²) in [5, 5.41) is 3.38. The van der Waals surface area contributed by atoms with E-state index in [0.29, 0.717) is 33.7 Å². The molecule has 2 aromatic rings. The molecule has 0 bridgehead atoms. The molecule has 1 aliphatic heterocycles. The van der Waals surface area contributed by atoms with Gasteiger partial charge < -0.3 is 5.32 Å². The standard InChI is InChI=1S/C21H20ClN3O3S/c1-3-25-20(28)18(12-19(27)23-16-10-6-15(22)7-11-16)29-21(25)24-17-8-4-14(5-9-17)13(2)26/h4-11,18H,3,12H2,1-2H3,(H,23,27). The molecule has 1 aliphatic rings. The topological polar surface area (TPSA) is 78.8 Å². The number of benzene rings is 2. The maximum atomic E-state index is 12.7. The fourth-order valence-corrected chi connectivity index (χ4v) is 4.16. The molecule has 1 fully saturated rings. The third-order valence-electron chi connectivity index (χ3n) is 4.33. The molecule has 1 unspecified atom stereocenters. The monoisotopic (exact) mass is 429 g/mol. The average molecular weight is 430 g/mol. The molecule has 0 spiro atoms. The van der Waals surface area contributed by atoms with Crippen LogP contribution in [0.1, 0.15) is 30.6 Å². The minimum Gasteiger partial charge on any atom is -0.326 e. The number of ketones is 1. The lowest BCUT2D eigenvalue weighted by molar-refractivity contribution is -0.128. The number of amides is 2. The normalized spacial score (nSPS) is 17.6. The van der Waals surface area contributed by atoms with E-state index in [9.17, 15) is 14.4 Å². The Hall–Kier alpha value is -2.64. The largest absolute Gasteiger partial charge is 0.326 e. The Morgan fingerprint density at radius 3 is 2.38 bits per heavy atom. The average Bonchev–Trinajstić information content (AvgIpc) is 2.98. The number of thioether (sulfide) groups is 1. The number of hydrogen-bond acceptors (Lipinski definition) is 5. The second kappa shape index (κ2) is 9.24. The third-order valence-corrected chi connectivity index (χ3v) is 5.76. The van der Waals surface area contributed by atoms with Crippen LogP contribution in [-0.2, 0) is 9.59 Å². The van der Waals surface area contributed by atoms with Gasteiger partial charge in [-0.05, 0) is 62.4 Å². The molecule has 0 saturated carbocycles. The smallest absolute Gasteiger partial charge is 0.242 e. The number of aliphatic imine (C=N–C) groups is 1. The van der Waals surface area contributed by atoms with Crippen LogP contribution >= 0.6 is 23.4 Å². The Kier molecular flexibility index (Phi) is 6.71. The van der Waals surface area contributed by atoms with Crippen molar-refractivity contribution >= 4 is 57.5 Å². The molecule has 3 rings (SSSR count). The Bertz CT molecular complexity index is 958. The van der Waals surface area contributed by atoms with Gasteiger partial charge in [0, 0.05) is 29.2 Å². The van der Waals surface area contributed by atoms with E-state index in [0.717, 1.165) is 0 Å². The van der Waals surface area contributed by atoms with Gasteiger partial charge in [-0.25, -0.2) is 4.99 Å². The lowest BCUT2D eigenvalue weighted by Gasteiger charge is -2.13. The predicted octanol–water partition coefficient (Wildman–Crippen LogP) is 4.52. The fourth-order valence-electron chi connectivity index (χ4n) is 2.81. The molecule has 0 aliphatic carbocycles. The summed E-state index contributed by atoms with van der Waals surface area (Å²) in [5.41, 5.74) is 1.88. The molecular formula is C21H20ClN3O3S. The fraction of sp³-hybridized carbons (Fsp3) is 0.238. The lowest BCUT2D eigenvalue weighted by Crippen LogP contribution is -2.33. The number of Topliss-reactive ketones (excluding diaryl/α,β-unsaturated/α-hetero) is 1. The number of halogens is 1. The minimum atomic E-state index is -0.530. The van der Waals surface area contributed by atoms with E-state index in [4.69, 9.17) is 11.6 Å². The molecule has 1 N–H and O–H groups in total. The maximum absolute atomic E-state index is 12.7. The SMILES string of the molecule is CCN1C(=O)C(CC(=O)Nc2ccc(Cl)cc2)SC1=Nc1ccc(C(C)=O)cc1. The van der Waals surface area contributed by atoms with Crippen molar-refractivity contribution in [3.05, 3.63) is 59.1 Å².